The molecule has 2 N–H and O–H groups in total. The number of pyridine rings is 1. The first kappa shape index (κ1) is 24.0. The fraction of sp³-hybridized carbons (Fsp3) is 0.296. The number of rotatable bonds is 5. The van der Waals surface area contributed by atoms with Gasteiger partial charge in [-0.1, -0.05) is 23.2 Å². The van der Waals surface area contributed by atoms with Gasteiger partial charge in [0.25, 0.3) is 0 Å². The van der Waals surface area contributed by atoms with Crippen molar-refractivity contribution >= 4 is 50.8 Å². The molecule has 2 aromatic carbocycles. The van der Waals surface area contributed by atoms with Gasteiger partial charge in [0.1, 0.15) is 17.5 Å². The minimum absolute atomic E-state index is 0.362. The molecular weight excluding hydrogens is 509 g/mol. The highest BCUT2D eigenvalue weighted by molar-refractivity contribution is 6.35. The average Bonchev–Trinajstić information content (AvgIpc) is 3.42. The zero-order chi connectivity index (χ0) is 25.5. The molecule has 0 saturated carbocycles. The van der Waals surface area contributed by atoms with Crippen molar-refractivity contribution in [2.75, 3.05) is 38.1 Å². The van der Waals surface area contributed by atoms with Crippen molar-refractivity contribution in [2.24, 2.45) is 0 Å². The number of H-pyrrole nitrogens is 2. The second-order valence-electron chi connectivity index (χ2n) is 9.49. The zero-order valence-corrected chi connectivity index (χ0v) is 22.1. The summed E-state index contributed by atoms with van der Waals surface area (Å²) in [7, 11) is 2.18. The molecule has 10 heteroatoms. The molecular formula is C27H27Cl2N7O. The third kappa shape index (κ3) is 4.72. The van der Waals surface area contributed by atoms with Crippen LogP contribution in [0.4, 0.5) is 5.69 Å². The second kappa shape index (κ2) is 9.85. The van der Waals surface area contributed by atoms with E-state index in [0.717, 1.165) is 60.2 Å². The lowest BCUT2D eigenvalue weighted by atomic mass is 10.1. The normalized spacial score (nSPS) is 15.8. The topological polar surface area (TPSA) is 86.0 Å². The predicted octanol–water partition coefficient (Wildman–Crippen LogP) is 6.09. The van der Waals surface area contributed by atoms with Gasteiger partial charge in [-0.15, -0.1) is 0 Å². The van der Waals surface area contributed by atoms with Gasteiger partial charge < -0.3 is 19.5 Å². The fourth-order valence-corrected chi connectivity index (χ4v) is 5.60. The van der Waals surface area contributed by atoms with Crippen LogP contribution in [0.25, 0.3) is 33.5 Å². The molecule has 0 radical (unpaired) electrons. The van der Waals surface area contributed by atoms with E-state index in [0.29, 0.717) is 27.2 Å². The van der Waals surface area contributed by atoms with E-state index in [9.17, 15) is 0 Å². The van der Waals surface area contributed by atoms with Crippen LogP contribution in [0.15, 0.2) is 48.8 Å². The van der Waals surface area contributed by atoms with Crippen molar-refractivity contribution in [2.45, 2.75) is 19.4 Å². The number of fused-ring (bicyclic) bond motifs is 2. The van der Waals surface area contributed by atoms with Crippen molar-refractivity contribution < 1.29 is 4.74 Å². The minimum atomic E-state index is -0.362. The number of benzene rings is 2. The molecule has 3 aromatic heterocycles. The molecule has 6 rings (SSSR count). The van der Waals surface area contributed by atoms with Crippen molar-refractivity contribution in [3.63, 3.8) is 0 Å². The Labute approximate surface area is 224 Å². The molecule has 0 aliphatic carbocycles. The van der Waals surface area contributed by atoms with Crippen LogP contribution in [0.2, 0.25) is 10.0 Å². The van der Waals surface area contributed by atoms with E-state index >= 15 is 0 Å². The smallest absolute Gasteiger partial charge is 0.159 e. The molecule has 190 valence electrons. The van der Waals surface area contributed by atoms with Crippen LogP contribution >= 0.6 is 23.2 Å². The van der Waals surface area contributed by atoms with Crippen LogP contribution in [-0.2, 0) is 0 Å². The highest BCUT2D eigenvalue weighted by Crippen LogP contribution is 2.35. The van der Waals surface area contributed by atoms with Crippen molar-refractivity contribution in [3.05, 3.63) is 64.4 Å². The summed E-state index contributed by atoms with van der Waals surface area (Å²) in [5.74, 6) is 1.38. The molecule has 5 aromatic rings. The summed E-state index contributed by atoms with van der Waals surface area (Å²) < 4.78 is 6.21. The Morgan fingerprint density at radius 2 is 1.81 bits per heavy atom. The fourth-order valence-electron chi connectivity index (χ4n) is 4.93. The number of likely N-dealkylation sites (N-methyl/N-ethyl adjacent to an activating group) is 1. The van der Waals surface area contributed by atoms with E-state index in [1.54, 1.807) is 12.4 Å². The summed E-state index contributed by atoms with van der Waals surface area (Å²) >= 11 is 12.7. The monoisotopic (exact) mass is 535 g/mol. The molecule has 4 heterocycles. The van der Waals surface area contributed by atoms with Crippen molar-refractivity contribution in [3.8, 4) is 17.3 Å². The number of hydrogen-bond donors (Lipinski definition) is 2. The lowest BCUT2D eigenvalue weighted by molar-refractivity contribution is 0.227. The Morgan fingerprint density at radius 3 is 2.65 bits per heavy atom. The van der Waals surface area contributed by atoms with E-state index in [4.69, 9.17) is 32.9 Å². The summed E-state index contributed by atoms with van der Waals surface area (Å²) in [6, 6.07) is 12.2. The molecule has 1 saturated heterocycles. The van der Waals surface area contributed by atoms with Gasteiger partial charge in [0.05, 0.1) is 26.6 Å². The predicted molar refractivity (Wildman–Crippen MR) is 149 cm³/mol. The van der Waals surface area contributed by atoms with Crippen LogP contribution in [0.5, 0.6) is 5.75 Å². The maximum atomic E-state index is 6.33. The molecule has 1 aliphatic rings. The largest absolute Gasteiger partial charge is 0.486 e. The molecule has 1 aliphatic heterocycles. The van der Waals surface area contributed by atoms with E-state index in [1.165, 1.54) is 5.69 Å². The van der Waals surface area contributed by atoms with E-state index in [-0.39, 0.29) is 6.10 Å². The highest BCUT2D eigenvalue weighted by Gasteiger charge is 2.19. The standard InChI is InChI=1S/C27H27Cl2N7O/c1-16(25-20(28)14-30-15-21(25)29)37-18-5-7-22-19(13-18)26(34-33-22)27-31-23-6-4-17(12-24(23)32-27)36-9-3-8-35(2)10-11-36/h4-7,12-16H,3,8-11H2,1-2H3,(H,31,32)(H,33,34). The quantitative estimate of drug-likeness (QED) is 0.283. The van der Waals surface area contributed by atoms with E-state index < -0.39 is 0 Å². The van der Waals surface area contributed by atoms with Gasteiger partial charge in [-0.25, -0.2) is 4.98 Å². The number of anilines is 1. The number of nitrogens with zero attached hydrogens (tertiary/aromatic N) is 5. The van der Waals surface area contributed by atoms with Gasteiger partial charge in [0, 0.05) is 48.7 Å². The van der Waals surface area contributed by atoms with Crippen molar-refractivity contribution in [1.29, 1.82) is 0 Å². The Balaban J connectivity index is 1.30. The minimum Gasteiger partial charge on any atom is -0.486 e. The van der Waals surface area contributed by atoms with Gasteiger partial charge in [-0.05, 0) is 63.3 Å². The number of hydrogen-bond acceptors (Lipinski definition) is 6. The molecule has 0 spiro atoms. The molecule has 8 nitrogen and oxygen atoms in total. The first-order valence-corrected chi connectivity index (χ1v) is 13.1. The van der Waals surface area contributed by atoms with Crippen molar-refractivity contribution in [1.82, 2.24) is 30.0 Å². The Kier molecular flexibility index (Phi) is 6.40. The summed E-state index contributed by atoms with van der Waals surface area (Å²) in [5, 5.41) is 9.52. The lowest BCUT2D eigenvalue weighted by Crippen LogP contribution is -2.28. The lowest BCUT2D eigenvalue weighted by Gasteiger charge is -2.22. The van der Waals surface area contributed by atoms with E-state index in [2.05, 4.69) is 55.2 Å². The van der Waals surface area contributed by atoms with E-state index in [1.807, 2.05) is 25.1 Å². The SMILES string of the molecule is CC(Oc1ccc2[nH]nc(-c3nc4ccc(N5CCCN(C)CC5)cc4[nH]3)c2c1)c1c(Cl)cncc1Cl. The van der Waals surface area contributed by atoms with Gasteiger partial charge in [-0.2, -0.15) is 5.10 Å². The Hall–Kier alpha value is -3.33. The van der Waals surface area contributed by atoms with Gasteiger partial charge in [0.2, 0.25) is 0 Å². The highest BCUT2D eigenvalue weighted by atomic mass is 35.5. The summed E-state index contributed by atoms with van der Waals surface area (Å²) in [6.07, 6.45) is 3.93. The molecule has 1 unspecified atom stereocenters. The van der Waals surface area contributed by atoms with Gasteiger partial charge >= 0.3 is 0 Å². The molecule has 1 atom stereocenters. The summed E-state index contributed by atoms with van der Waals surface area (Å²) in [5.41, 5.74) is 5.44. The van der Waals surface area contributed by atoms with Crippen LogP contribution in [0, 0.1) is 0 Å². The zero-order valence-electron chi connectivity index (χ0n) is 20.6. The summed E-state index contributed by atoms with van der Waals surface area (Å²) in [4.78, 5) is 17.2. The maximum Gasteiger partial charge on any atom is 0.159 e. The number of aromatic amines is 2. The first-order chi connectivity index (χ1) is 18.0. The molecule has 0 bridgehead atoms. The van der Waals surface area contributed by atoms with Crippen LogP contribution in [-0.4, -0.2) is 63.3 Å². The second-order valence-corrected chi connectivity index (χ2v) is 10.3. The Bertz CT molecular complexity index is 1560. The molecule has 0 amide bonds. The van der Waals surface area contributed by atoms with Crippen LogP contribution in [0.1, 0.15) is 25.0 Å². The summed E-state index contributed by atoms with van der Waals surface area (Å²) in [6.45, 7) is 6.18. The van der Waals surface area contributed by atoms with Crippen LogP contribution in [0.3, 0.4) is 0 Å². The Morgan fingerprint density at radius 1 is 0.973 bits per heavy atom. The molecule has 37 heavy (non-hydrogen) atoms. The van der Waals surface area contributed by atoms with Crippen LogP contribution < -0.4 is 9.64 Å². The van der Waals surface area contributed by atoms with Gasteiger partial charge in [-0.3, -0.25) is 10.1 Å². The number of halogens is 2. The number of aromatic nitrogens is 5. The number of imidazole rings is 1. The third-order valence-electron chi connectivity index (χ3n) is 6.92. The average molecular weight is 536 g/mol. The molecule has 1 fully saturated rings. The number of nitrogens with one attached hydrogen (secondary N) is 2. The van der Waals surface area contributed by atoms with Gasteiger partial charge in [0.15, 0.2) is 5.82 Å². The maximum absolute atomic E-state index is 6.33. The first-order valence-electron chi connectivity index (χ1n) is 12.3. The number of ether oxygens (including phenoxy) is 1. The third-order valence-corrected chi connectivity index (χ3v) is 7.52.